The standard InChI is InChI=1S/C11H12ClN3S/c1-15-10(12)6-14-11(15)7-16-9-5-3-2-4-8(9)13/h2-6H,7,13H2,1H3. The molecule has 3 nitrogen and oxygen atoms in total. The van der Waals surface area contributed by atoms with Crippen molar-refractivity contribution in [2.75, 3.05) is 5.73 Å². The average molecular weight is 254 g/mol. The van der Waals surface area contributed by atoms with Crippen LogP contribution in [0.2, 0.25) is 5.15 Å². The summed E-state index contributed by atoms with van der Waals surface area (Å²) in [5.41, 5.74) is 6.65. The number of thioether (sulfide) groups is 1. The molecule has 0 aliphatic rings. The van der Waals surface area contributed by atoms with Gasteiger partial charge in [0.1, 0.15) is 11.0 Å². The Morgan fingerprint density at radius 3 is 2.81 bits per heavy atom. The van der Waals surface area contributed by atoms with Gasteiger partial charge in [-0.2, -0.15) is 0 Å². The lowest BCUT2D eigenvalue weighted by molar-refractivity contribution is 0.850. The van der Waals surface area contributed by atoms with Gasteiger partial charge in [-0.3, -0.25) is 0 Å². The number of nitrogen functional groups attached to an aromatic ring is 1. The molecule has 1 aromatic heterocycles. The lowest BCUT2D eigenvalue weighted by Gasteiger charge is -2.05. The minimum absolute atomic E-state index is 0.650. The maximum Gasteiger partial charge on any atom is 0.128 e. The van der Waals surface area contributed by atoms with Gasteiger partial charge in [0, 0.05) is 17.6 Å². The van der Waals surface area contributed by atoms with E-state index in [4.69, 9.17) is 17.3 Å². The molecule has 0 saturated carbocycles. The van der Waals surface area contributed by atoms with E-state index >= 15 is 0 Å². The van der Waals surface area contributed by atoms with Crippen LogP contribution in [0.3, 0.4) is 0 Å². The molecule has 16 heavy (non-hydrogen) atoms. The molecule has 2 rings (SSSR count). The van der Waals surface area contributed by atoms with Crippen LogP contribution in [0.25, 0.3) is 0 Å². The van der Waals surface area contributed by atoms with E-state index in [0.29, 0.717) is 5.15 Å². The SMILES string of the molecule is Cn1c(Cl)cnc1CSc1ccccc1N. The molecule has 0 saturated heterocycles. The Morgan fingerprint density at radius 2 is 2.19 bits per heavy atom. The average Bonchev–Trinajstić information content (AvgIpc) is 2.59. The maximum absolute atomic E-state index is 5.91. The minimum atomic E-state index is 0.650. The Kier molecular flexibility index (Phi) is 3.41. The molecular formula is C11H12ClN3S. The van der Waals surface area contributed by atoms with Crippen molar-refractivity contribution in [2.45, 2.75) is 10.6 Å². The lowest BCUT2D eigenvalue weighted by Crippen LogP contribution is -1.96. The van der Waals surface area contributed by atoms with Crippen molar-refractivity contribution in [1.82, 2.24) is 9.55 Å². The number of imidazole rings is 1. The summed E-state index contributed by atoms with van der Waals surface area (Å²) in [7, 11) is 1.90. The molecule has 2 aromatic rings. The lowest BCUT2D eigenvalue weighted by atomic mass is 10.3. The summed E-state index contributed by atoms with van der Waals surface area (Å²) < 4.78 is 1.87. The second kappa shape index (κ2) is 4.80. The molecule has 0 aliphatic carbocycles. The van der Waals surface area contributed by atoms with E-state index in [-0.39, 0.29) is 0 Å². The highest BCUT2D eigenvalue weighted by atomic mass is 35.5. The van der Waals surface area contributed by atoms with E-state index in [0.717, 1.165) is 22.2 Å². The number of nitrogens with zero attached hydrogens (tertiary/aromatic N) is 2. The fourth-order valence-electron chi connectivity index (χ4n) is 1.31. The number of anilines is 1. The van der Waals surface area contributed by atoms with Crippen molar-refractivity contribution in [2.24, 2.45) is 7.05 Å². The number of benzene rings is 1. The third kappa shape index (κ3) is 2.33. The van der Waals surface area contributed by atoms with Gasteiger partial charge in [-0.15, -0.1) is 11.8 Å². The Labute approximate surface area is 104 Å². The molecular weight excluding hydrogens is 242 g/mol. The first-order valence-electron chi connectivity index (χ1n) is 4.82. The smallest absolute Gasteiger partial charge is 0.128 e. The fourth-order valence-corrected chi connectivity index (χ4v) is 2.42. The molecule has 0 aliphatic heterocycles. The monoisotopic (exact) mass is 253 g/mol. The first-order chi connectivity index (χ1) is 7.68. The predicted octanol–water partition coefficient (Wildman–Crippen LogP) is 2.95. The molecule has 1 heterocycles. The summed E-state index contributed by atoms with van der Waals surface area (Å²) in [6.45, 7) is 0. The van der Waals surface area contributed by atoms with Crippen molar-refractivity contribution in [1.29, 1.82) is 0 Å². The largest absolute Gasteiger partial charge is 0.398 e. The third-order valence-corrected chi connectivity index (χ3v) is 3.74. The number of hydrogen-bond acceptors (Lipinski definition) is 3. The fraction of sp³-hybridized carbons (Fsp3) is 0.182. The van der Waals surface area contributed by atoms with E-state index in [1.807, 2.05) is 35.9 Å². The molecule has 84 valence electrons. The van der Waals surface area contributed by atoms with Crippen molar-refractivity contribution in [3.63, 3.8) is 0 Å². The molecule has 0 amide bonds. The predicted molar refractivity (Wildman–Crippen MR) is 68.6 cm³/mol. The summed E-state index contributed by atoms with van der Waals surface area (Å²) in [6, 6.07) is 7.80. The van der Waals surface area contributed by atoms with Crippen LogP contribution < -0.4 is 5.73 Å². The molecule has 1 aromatic carbocycles. The van der Waals surface area contributed by atoms with E-state index in [2.05, 4.69) is 4.98 Å². The Hall–Kier alpha value is -1.13. The molecule has 0 fully saturated rings. The van der Waals surface area contributed by atoms with Gasteiger partial charge in [-0.25, -0.2) is 4.98 Å². The molecule has 0 spiro atoms. The van der Waals surface area contributed by atoms with Gasteiger partial charge < -0.3 is 10.3 Å². The number of rotatable bonds is 3. The second-order valence-electron chi connectivity index (χ2n) is 3.38. The number of para-hydroxylation sites is 1. The van der Waals surface area contributed by atoms with Gasteiger partial charge in [-0.1, -0.05) is 23.7 Å². The highest BCUT2D eigenvalue weighted by Gasteiger charge is 2.06. The molecule has 0 radical (unpaired) electrons. The van der Waals surface area contributed by atoms with E-state index in [9.17, 15) is 0 Å². The first-order valence-corrected chi connectivity index (χ1v) is 6.18. The van der Waals surface area contributed by atoms with Crippen molar-refractivity contribution < 1.29 is 0 Å². The normalized spacial score (nSPS) is 10.6. The number of nitrogens with two attached hydrogens (primary N) is 1. The van der Waals surface area contributed by atoms with Crippen LogP contribution in [0, 0.1) is 0 Å². The summed E-state index contributed by atoms with van der Waals surface area (Å²) >= 11 is 7.57. The summed E-state index contributed by atoms with van der Waals surface area (Å²) in [5, 5.41) is 0.650. The van der Waals surface area contributed by atoms with Gasteiger partial charge in [0.25, 0.3) is 0 Å². The maximum atomic E-state index is 5.91. The van der Waals surface area contributed by atoms with E-state index in [1.54, 1.807) is 18.0 Å². The quantitative estimate of drug-likeness (QED) is 0.676. The zero-order valence-electron chi connectivity index (χ0n) is 8.85. The summed E-state index contributed by atoms with van der Waals surface area (Å²) in [6.07, 6.45) is 1.66. The molecule has 5 heteroatoms. The number of aromatic nitrogens is 2. The Morgan fingerprint density at radius 1 is 1.44 bits per heavy atom. The van der Waals surface area contributed by atoms with Gasteiger partial charge >= 0.3 is 0 Å². The molecule has 0 bridgehead atoms. The van der Waals surface area contributed by atoms with E-state index in [1.165, 1.54) is 0 Å². The van der Waals surface area contributed by atoms with Crippen LogP contribution >= 0.6 is 23.4 Å². The van der Waals surface area contributed by atoms with Gasteiger partial charge in [0.2, 0.25) is 0 Å². The number of halogens is 1. The number of hydrogen-bond donors (Lipinski definition) is 1. The van der Waals surface area contributed by atoms with Gasteiger partial charge in [0.15, 0.2) is 0 Å². The van der Waals surface area contributed by atoms with Crippen LogP contribution in [-0.4, -0.2) is 9.55 Å². The summed E-state index contributed by atoms with van der Waals surface area (Å²) in [5.74, 6) is 1.70. The van der Waals surface area contributed by atoms with Crippen LogP contribution in [0.1, 0.15) is 5.82 Å². The molecule has 0 atom stereocenters. The van der Waals surface area contributed by atoms with Gasteiger partial charge in [-0.05, 0) is 12.1 Å². The zero-order valence-corrected chi connectivity index (χ0v) is 10.4. The molecule has 0 unspecified atom stereocenters. The second-order valence-corrected chi connectivity index (χ2v) is 4.79. The van der Waals surface area contributed by atoms with Crippen molar-refractivity contribution >= 4 is 29.1 Å². The zero-order chi connectivity index (χ0) is 11.5. The third-order valence-electron chi connectivity index (χ3n) is 2.30. The van der Waals surface area contributed by atoms with Crippen molar-refractivity contribution in [3.8, 4) is 0 Å². The van der Waals surface area contributed by atoms with E-state index < -0.39 is 0 Å². The molecule has 2 N–H and O–H groups in total. The minimum Gasteiger partial charge on any atom is -0.398 e. The van der Waals surface area contributed by atoms with Crippen LogP contribution in [0.15, 0.2) is 35.4 Å². The summed E-state index contributed by atoms with van der Waals surface area (Å²) in [4.78, 5) is 5.30. The Bertz CT molecular complexity index is 496. The van der Waals surface area contributed by atoms with Crippen LogP contribution in [0.4, 0.5) is 5.69 Å². The Balaban J connectivity index is 2.08. The highest BCUT2D eigenvalue weighted by molar-refractivity contribution is 7.98. The highest BCUT2D eigenvalue weighted by Crippen LogP contribution is 2.27. The van der Waals surface area contributed by atoms with Crippen molar-refractivity contribution in [3.05, 3.63) is 41.4 Å². The van der Waals surface area contributed by atoms with Crippen LogP contribution in [0.5, 0.6) is 0 Å². The topological polar surface area (TPSA) is 43.8 Å². The van der Waals surface area contributed by atoms with Crippen LogP contribution in [-0.2, 0) is 12.8 Å². The van der Waals surface area contributed by atoms with Gasteiger partial charge in [0.05, 0.1) is 11.9 Å². The first kappa shape index (κ1) is 11.4.